The molecule has 0 spiro atoms. The molecule has 1 rings (SSSR count). The maximum absolute atomic E-state index is 14.3. The van der Waals surface area contributed by atoms with E-state index in [2.05, 4.69) is 24.1 Å². The lowest BCUT2D eigenvalue weighted by atomic mass is 9.98. The molecule has 0 saturated carbocycles. The number of rotatable bonds is 18. The molecule has 41 heavy (non-hydrogen) atoms. The minimum Gasteiger partial charge on any atom is -0.444 e. The van der Waals surface area contributed by atoms with E-state index in [0.717, 1.165) is 44.1 Å². The Hall–Kier alpha value is -3.36. The Bertz CT molecular complexity index is 1000. The van der Waals surface area contributed by atoms with E-state index in [9.17, 15) is 19.2 Å². The molecular formula is C32H52N4O5. The van der Waals surface area contributed by atoms with Gasteiger partial charge in [0.15, 0.2) is 0 Å². The van der Waals surface area contributed by atoms with Crippen molar-refractivity contribution in [2.45, 2.75) is 123 Å². The van der Waals surface area contributed by atoms with Crippen LogP contribution in [-0.4, -0.2) is 52.9 Å². The number of nitrogens with zero attached hydrogens (tertiary/aromatic N) is 1. The summed E-state index contributed by atoms with van der Waals surface area (Å²) >= 11 is 0. The second-order valence-corrected chi connectivity index (χ2v) is 11.6. The molecule has 3 atom stereocenters. The topological polar surface area (TPSA) is 131 Å². The van der Waals surface area contributed by atoms with Gasteiger partial charge < -0.3 is 26.0 Å². The van der Waals surface area contributed by atoms with Crippen molar-refractivity contribution in [3.05, 3.63) is 42.0 Å². The van der Waals surface area contributed by atoms with Gasteiger partial charge in [0.2, 0.25) is 17.7 Å². The van der Waals surface area contributed by atoms with Crippen molar-refractivity contribution in [1.82, 2.24) is 15.5 Å². The van der Waals surface area contributed by atoms with Crippen molar-refractivity contribution in [2.24, 2.45) is 5.73 Å². The quantitative estimate of drug-likeness (QED) is 0.196. The molecular weight excluding hydrogens is 520 g/mol. The van der Waals surface area contributed by atoms with Crippen LogP contribution in [0.5, 0.6) is 0 Å². The molecule has 0 bridgehead atoms. The van der Waals surface area contributed by atoms with Crippen LogP contribution in [0.4, 0.5) is 4.79 Å². The zero-order chi connectivity index (χ0) is 31.0. The zero-order valence-electron chi connectivity index (χ0n) is 26.0. The van der Waals surface area contributed by atoms with Crippen molar-refractivity contribution in [2.75, 3.05) is 6.54 Å². The Kier molecular flexibility index (Phi) is 15.8. The van der Waals surface area contributed by atoms with E-state index >= 15 is 0 Å². The number of ether oxygens (including phenoxy) is 1. The molecule has 1 aromatic rings. The molecule has 0 aliphatic heterocycles. The summed E-state index contributed by atoms with van der Waals surface area (Å²) < 4.78 is 5.41. The molecule has 4 amide bonds. The molecule has 230 valence electrons. The van der Waals surface area contributed by atoms with E-state index in [0.29, 0.717) is 18.5 Å². The largest absolute Gasteiger partial charge is 0.444 e. The van der Waals surface area contributed by atoms with E-state index in [4.69, 9.17) is 10.5 Å². The fourth-order valence-electron chi connectivity index (χ4n) is 4.60. The second kappa shape index (κ2) is 18.1. The summed E-state index contributed by atoms with van der Waals surface area (Å²) in [6, 6.07) is 5.21. The number of benzene rings is 1. The Labute approximate surface area is 246 Å². The summed E-state index contributed by atoms with van der Waals surface area (Å²) in [5, 5.41) is 5.72. The van der Waals surface area contributed by atoms with E-state index in [-0.39, 0.29) is 24.8 Å². The Morgan fingerprint density at radius 3 is 2.29 bits per heavy atom. The minimum absolute atomic E-state index is 0.0208. The highest BCUT2D eigenvalue weighted by Crippen LogP contribution is 2.26. The van der Waals surface area contributed by atoms with Crippen molar-refractivity contribution < 1.29 is 23.9 Å². The minimum atomic E-state index is -1.11. The zero-order valence-corrected chi connectivity index (χ0v) is 26.0. The maximum Gasteiger partial charge on any atom is 0.408 e. The van der Waals surface area contributed by atoms with Crippen LogP contribution in [0.25, 0.3) is 6.08 Å². The fourth-order valence-corrected chi connectivity index (χ4v) is 4.60. The molecule has 9 nitrogen and oxygen atoms in total. The third-order valence-electron chi connectivity index (χ3n) is 6.59. The molecule has 0 fully saturated rings. The van der Waals surface area contributed by atoms with Crippen LogP contribution in [0.2, 0.25) is 0 Å². The van der Waals surface area contributed by atoms with Gasteiger partial charge in [0.05, 0.1) is 0 Å². The molecule has 0 heterocycles. The first kappa shape index (κ1) is 35.7. The predicted molar refractivity (Wildman–Crippen MR) is 164 cm³/mol. The molecule has 3 unspecified atom stereocenters. The molecule has 0 aliphatic rings. The normalized spacial score (nSPS) is 13.4. The lowest BCUT2D eigenvalue weighted by Crippen LogP contribution is -2.54. The maximum atomic E-state index is 14.3. The van der Waals surface area contributed by atoms with E-state index in [1.165, 1.54) is 4.90 Å². The first-order chi connectivity index (χ1) is 19.3. The molecule has 0 aromatic heterocycles. The number of primary amides is 1. The van der Waals surface area contributed by atoms with Gasteiger partial charge in [-0.2, -0.15) is 0 Å². The van der Waals surface area contributed by atoms with Gasteiger partial charge in [-0.15, -0.1) is 0 Å². The number of nitrogens with two attached hydrogens (primary N) is 1. The van der Waals surface area contributed by atoms with Gasteiger partial charge in [0, 0.05) is 19.0 Å². The van der Waals surface area contributed by atoms with Crippen LogP contribution >= 0.6 is 0 Å². The first-order valence-corrected chi connectivity index (χ1v) is 14.9. The number of unbranched alkanes of at least 4 members (excludes halogenated alkanes) is 4. The van der Waals surface area contributed by atoms with Gasteiger partial charge in [-0.25, -0.2) is 4.79 Å². The highest BCUT2D eigenvalue weighted by Gasteiger charge is 2.36. The van der Waals surface area contributed by atoms with Crippen LogP contribution in [0.3, 0.4) is 0 Å². The van der Waals surface area contributed by atoms with Gasteiger partial charge in [-0.05, 0) is 64.2 Å². The standard InChI is InChI=1S/C32H52N4O5/c1-8-11-12-13-14-21-36(30(39)26(19-20-27(33)37)35-31(40)41-32(5,6)7)28(29(38)34-23(4)16-9-2)25-18-15-17-24(10-3)22-25/h10,15,17-18,22-23,26,28H,3,8-9,11-14,16,19-21H2,1-2,4-7H3,(H2,33,37)(H,34,38)(H,35,40). The Morgan fingerprint density at radius 2 is 1.71 bits per heavy atom. The SMILES string of the molecule is C=Cc1cccc(C(C(=O)NC(C)CCC)N(CCCCCCC)C(=O)C(CCC(N)=O)NC(=O)OC(C)(C)C)c1. The average molecular weight is 573 g/mol. The highest BCUT2D eigenvalue weighted by atomic mass is 16.6. The lowest BCUT2D eigenvalue weighted by molar-refractivity contribution is -0.143. The monoisotopic (exact) mass is 572 g/mol. The van der Waals surface area contributed by atoms with Gasteiger partial charge in [-0.3, -0.25) is 14.4 Å². The fraction of sp³-hybridized carbons (Fsp3) is 0.625. The van der Waals surface area contributed by atoms with Crippen molar-refractivity contribution in [3.63, 3.8) is 0 Å². The summed E-state index contributed by atoms with van der Waals surface area (Å²) in [4.78, 5) is 54.1. The predicted octanol–water partition coefficient (Wildman–Crippen LogP) is 5.63. The van der Waals surface area contributed by atoms with E-state index in [1.807, 2.05) is 38.1 Å². The number of carbonyl (C=O) groups is 4. The molecule has 9 heteroatoms. The van der Waals surface area contributed by atoms with Crippen molar-refractivity contribution in [3.8, 4) is 0 Å². The number of amides is 4. The number of alkyl carbamates (subject to hydrolysis) is 1. The van der Waals surface area contributed by atoms with E-state index in [1.54, 1.807) is 26.8 Å². The van der Waals surface area contributed by atoms with E-state index < -0.39 is 35.6 Å². The van der Waals surface area contributed by atoms with Crippen molar-refractivity contribution in [1.29, 1.82) is 0 Å². The molecule has 0 radical (unpaired) electrons. The third-order valence-corrected chi connectivity index (χ3v) is 6.59. The Balaban J connectivity index is 3.57. The van der Waals surface area contributed by atoms with Crippen molar-refractivity contribution >= 4 is 29.9 Å². The lowest BCUT2D eigenvalue weighted by Gasteiger charge is -2.35. The summed E-state index contributed by atoms with van der Waals surface area (Å²) in [5.74, 6) is -1.37. The van der Waals surface area contributed by atoms with Crippen LogP contribution in [0.15, 0.2) is 30.8 Å². The third kappa shape index (κ3) is 13.7. The summed E-state index contributed by atoms with van der Waals surface area (Å²) in [6.45, 7) is 15.4. The first-order valence-electron chi connectivity index (χ1n) is 14.9. The smallest absolute Gasteiger partial charge is 0.408 e. The Morgan fingerprint density at radius 1 is 1.02 bits per heavy atom. The number of hydrogen-bond donors (Lipinski definition) is 3. The van der Waals surface area contributed by atoms with Gasteiger partial charge >= 0.3 is 6.09 Å². The van der Waals surface area contributed by atoms with Crippen LogP contribution in [0.1, 0.15) is 116 Å². The summed E-state index contributed by atoms with van der Waals surface area (Å²) in [7, 11) is 0. The number of nitrogens with one attached hydrogen (secondary N) is 2. The van der Waals surface area contributed by atoms with Crippen LogP contribution < -0.4 is 16.4 Å². The van der Waals surface area contributed by atoms with Gasteiger partial charge in [-0.1, -0.05) is 76.8 Å². The second-order valence-electron chi connectivity index (χ2n) is 11.6. The molecule has 0 saturated heterocycles. The summed E-state index contributed by atoms with van der Waals surface area (Å²) in [5.41, 5.74) is 6.07. The van der Waals surface area contributed by atoms with Gasteiger partial charge in [0.25, 0.3) is 0 Å². The van der Waals surface area contributed by atoms with Crippen LogP contribution in [0, 0.1) is 0 Å². The number of hydrogen-bond acceptors (Lipinski definition) is 5. The average Bonchev–Trinajstić information content (AvgIpc) is 2.88. The number of carbonyl (C=O) groups excluding carboxylic acids is 4. The molecule has 0 aliphatic carbocycles. The summed E-state index contributed by atoms with van der Waals surface area (Å²) in [6.07, 6.45) is 7.18. The van der Waals surface area contributed by atoms with Crippen LogP contribution in [-0.2, 0) is 19.1 Å². The molecule has 4 N–H and O–H groups in total. The van der Waals surface area contributed by atoms with Gasteiger partial charge in [0.1, 0.15) is 17.7 Å². The highest BCUT2D eigenvalue weighted by molar-refractivity contribution is 5.92. The molecule has 1 aromatic carbocycles.